The van der Waals surface area contributed by atoms with Gasteiger partial charge in [0, 0.05) is 30.1 Å². The quantitative estimate of drug-likeness (QED) is 0.0569. The molecule has 3 aromatic rings. The van der Waals surface area contributed by atoms with Crippen molar-refractivity contribution in [3.05, 3.63) is 106 Å². The second-order valence-corrected chi connectivity index (χ2v) is 13.6. The predicted molar refractivity (Wildman–Crippen MR) is 183 cm³/mol. The molecule has 48 heavy (non-hydrogen) atoms. The first-order chi connectivity index (χ1) is 23.2. The first kappa shape index (κ1) is 37.4. The van der Waals surface area contributed by atoms with Crippen LogP contribution in [0.2, 0.25) is 0 Å². The average molecular weight is 680 g/mol. The second kappa shape index (κ2) is 18.9. The van der Waals surface area contributed by atoms with Crippen molar-refractivity contribution in [2.75, 3.05) is 13.2 Å². The summed E-state index contributed by atoms with van der Waals surface area (Å²) in [6.45, 7) is 11.3. The molecule has 11 nitrogen and oxygen atoms in total. The Morgan fingerprint density at radius 1 is 0.875 bits per heavy atom. The molecule has 0 amide bonds. The molecule has 0 aromatic heterocycles. The van der Waals surface area contributed by atoms with E-state index in [1.54, 1.807) is 12.1 Å². The maximum atomic E-state index is 11.2. The summed E-state index contributed by atoms with van der Waals surface area (Å²) in [4.78, 5) is 10.8. The molecule has 1 saturated heterocycles. The maximum absolute atomic E-state index is 11.2. The van der Waals surface area contributed by atoms with E-state index in [4.69, 9.17) is 33.3 Å². The topological polar surface area (TPSA) is 126 Å². The van der Waals surface area contributed by atoms with E-state index >= 15 is 0 Å². The Morgan fingerprint density at radius 3 is 1.96 bits per heavy atom. The number of non-ortho nitro benzene ring substituents is 1. The Hall–Kier alpha value is -3.46. The van der Waals surface area contributed by atoms with Gasteiger partial charge in [-0.3, -0.25) is 10.1 Å². The molecule has 0 spiro atoms. The van der Waals surface area contributed by atoms with E-state index in [9.17, 15) is 10.1 Å². The lowest BCUT2D eigenvalue weighted by atomic mass is 9.91. The molecule has 1 fully saturated rings. The molecule has 0 saturated carbocycles. The lowest BCUT2D eigenvalue weighted by Crippen LogP contribution is -2.58. The predicted octanol–water partition coefficient (Wildman–Crippen LogP) is 7.80. The molecule has 0 radical (unpaired) electrons. The number of hydrogen-bond acceptors (Lipinski definition) is 10. The van der Waals surface area contributed by atoms with Crippen LogP contribution in [0, 0.1) is 27.4 Å². The fourth-order valence-electron chi connectivity index (χ4n) is 5.52. The van der Waals surface area contributed by atoms with Crippen LogP contribution in [0.5, 0.6) is 5.75 Å². The van der Waals surface area contributed by atoms with Crippen molar-refractivity contribution < 1.29 is 32.9 Å². The highest BCUT2D eigenvalue weighted by Crippen LogP contribution is 2.47. The highest BCUT2D eigenvalue weighted by Gasteiger charge is 2.47. The molecule has 1 heterocycles. The molecule has 0 N–H and O–H groups in total. The summed E-state index contributed by atoms with van der Waals surface area (Å²) in [5, 5.41) is 20.4. The Labute approximate surface area is 284 Å². The van der Waals surface area contributed by atoms with Crippen molar-refractivity contribution in [3.63, 3.8) is 0 Å². The van der Waals surface area contributed by atoms with Crippen molar-refractivity contribution in [2.45, 2.75) is 90.9 Å². The number of nitro benzene ring substituents is 1. The Bertz CT molecular complexity index is 1420. The lowest BCUT2D eigenvalue weighted by molar-refractivity contribution is -0.384. The monoisotopic (exact) mass is 679 g/mol. The maximum Gasteiger partial charge on any atom is 0.269 e. The lowest BCUT2D eigenvalue weighted by Gasteiger charge is -2.45. The smallest absolute Gasteiger partial charge is 0.269 e. The van der Waals surface area contributed by atoms with Gasteiger partial charge in [-0.1, -0.05) is 67.6 Å². The zero-order valence-electron chi connectivity index (χ0n) is 28.2. The van der Waals surface area contributed by atoms with E-state index in [0.717, 1.165) is 11.1 Å². The minimum atomic E-state index is -1.55. The second-order valence-electron chi connectivity index (χ2n) is 12.1. The molecule has 4 rings (SSSR count). The van der Waals surface area contributed by atoms with Gasteiger partial charge in [0.15, 0.2) is 0 Å². The van der Waals surface area contributed by atoms with Gasteiger partial charge in [0.25, 0.3) is 14.2 Å². The van der Waals surface area contributed by atoms with Crippen LogP contribution < -0.4 is 4.74 Å². The standard InChI is InChI=1S/C36H46N3O8P/c1-26(2)38(27(3)4)48(44-22-12-21-37)45-25-33-35(43-24-30-15-10-7-11-16-30)34(42-23-29-13-8-6-9-14-29)28(5)36(47-33)46-32-19-17-31(18-20-32)39(40)41/h6-11,13-20,26-28,33-36H,12,22-25H2,1-5H3. The van der Waals surface area contributed by atoms with Crippen molar-refractivity contribution in [1.82, 2.24) is 4.67 Å². The van der Waals surface area contributed by atoms with Gasteiger partial charge in [-0.15, -0.1) is 0 Å². The van der Waals surface area contributed by atoms with Crippen LogP contribution in [0.25, 0.3) is 0 Å². The first-order valence-electron chi connectivity index (χ1n) is 16.3. The number of nitro groups is 1. The summed E-state index contributed by atoms with van der Waals surface area (Å²) < 4.78 is 41.1. The Balaban J connectivity index is 1.64. The molecule has 3 aromatic carbocycles. The zero-order valence-corrected chi connectivity index (χ0v) is 29.1. The van der Waals surface area contributed by atoms with Crippen LogP contribution in [0.3, 0.4) is 0 Å². The largest absolute Gasteiger partial charge is 0.465 e. The van der Waals surface area contributed by atoms with Crippen molar-refractivity contribution >= 4 is 14.2 Å². The fourth-order valence-corrected chi connectivity index (χ4v) is 7.14. The van der Waals surface area contributed by atoms with E-state index in [1.807, 2.05) is 67.6 Å². The normalized spacial score (nSPS) is 21.7. The summed E-state index contributed by atoms with van der Waals surface area (Å²) in [7, 11) is -1.55. The Kier molecular flexibility index (Phi) is 14.7. The van der Waals surface area contributed by atoms with Gasteiger partial charge in [-0.05, 0) is 51.0 Å². The van der Waals surface area contributed by atoms with Crippen LogP contribution in [0.15, 0.2) is 84.9 Å². The van der Waals surface area contributed by atoms with Gasteiger partial charge in [0.05, 0.1) is 49.9 Å². The highest BCUT2D eigenvalue weighted by molar-refractivity contribution is 7.44. The minimum Gasteiger partial charge on any atom is -0.465 e. The first-order valence-corrected chi connectivity index (χ1v) is 17.4. The molecule has 6 atom stereocenters. The van der Waals surface area contributed by atoms with Gasteiger partial charge in [-0.25, -0.2) is 4.67 Å². The third kappa shape index (κ3) is 10.8. The van der Waals surface area contributed by atoms with Gasteiger partial charge in [0.1, 0.15) is 18.0 Å². The third-order valence-electron chi connectivity index (χ3n) is 7.83. The van der Waals surface area contributed by atoms with Gasteiger partial charge in [0.2, 0.25) is 6.29 Å². The highest BCUT2D eigenvalue weighted by atomic mass is 31.2. The average Bonchev–Trinajstić information content (AvgIpc) is 3.07. The number of nitriles is 1. The van der Waals surface area contributed by atoms with Crippen LogP contribution in [0.1, 0.15) is 52.2 Å². The van der Waals surface area contributed by atoms with Crippen LogP contribution >= 0.6 is 8.53 Å². The molecular formula is C36H46N3O8P. The number of ether oxygens (including phenoxy) is 4. The summed E-state index contributed by atoms with van der Waals surface area (Å²) in [5.41, 5.74) is 1.98. The molecule has 6 unspecified atom stereocenters. The van der Waals surface area contributed by atoms with E-state index in [1.165, 1.54) is 12.1 Å². The SMILES string of the molecule is CC1C(Oc2ccc([N+](=O)[O-])cc2)OC(COP(OCCC#N)N(C(C)C)C(C)C)C(OCc2ccccc2)C1OCc1ccccc1. The van der Waals surface area contributed by atoms with Crippen molar-refractivity contribution in [1.29, 1.82) is 5.26 Å². The summed E-state index contributed by atoms with van der Waals surface area (Å²) >= 11 is 0. The fraction of sp³-hybridized carbons (Fsp3) is 0.472. The third-order valence-corrected chi connectivity index (χ3v) is 9.90. The molecular weight excluding hydrogens is 633 g/mol. The van der Waals surface area contributed by atoms with E-state index < -0.39 is 38.1 Å². The van der Waals surface area contributed by atoms with E-state index in [2.05, 4.69) is 38.4 Å². The van der Waals surface area contributed by atoms with Gasteiger partial charge < -0.3 is 28.0 Å². The van der Waals surface area contributed by atoms with Crippen molar-refractivity contribution in [2.24, 2.45) is 5.92 Å². The molecule has 0 aliphatic carbocycles. The number of rotatable bonds is 18. The van der Waals surface area contributed by atoms with Crippen LogP contribution in [0.4, 0.5) is 5.69 Å². The van der Waals surface area contributed by atoms with Crippen LogP contribution in [-0.2, 0) is 36.5 Å². The molecule has 1 aliphatic heterocycles. The summed E-state index contributed by atoms with van der Waals surface area (Å²) in [6.07, 6.45) is -2.21. The number of nitrogens with zero attached hydrogens (tertiary/aromatic N) is 3. The number of hydrogen-bond donors (Lipinski definition) is 0. The van der Waals surface area contributed by atoms with E-state index in [-0.39, 0.29) is 43.3 Å². The molecule has 0 bridgehead atoms. The number of benzene rings is 3. The zero-order chi connectivity index (χ0) is 34.5. The van der Waals surface area contributed by atoms with Gasteiger partial charge in [-0.2, -0.15) is 5.26 Å². The molecule has 12 heteroatoms. The Morgan fingerprint density at radius 2 is 1.44 bits per heavy atom. The van der Waals surface area contributed by atoms with Crippen molar-refractivity contribution in [3.8, 4) is 11.8 Å². The minimum absolute atomic E-state index is 0.0331. The molecule has 1 aliphatic rings. The summed E-state index contributed by atoms with van der Waals surface area (Å²) in [5.74, 6) is 0.118. The van der Waals surface area contributed by atoms with Crippen LogP contribution in [-0.4, -0.2) is 59.5 Å². The van der Waals surface area contributed by atoms with Gasteiger partial charge >= 0.3 is 0 Å². The van der Waals surface area contributed by atoms with E-state index in [0.29, 0.717) is 19.0 Å². The summed E-state index contributed by atoms with van der Waals surface area (Å²) in [6, 6.07) is 28.1. The molecule has 258 valence electrons.